The third kappa shape index (κ3) is 4.80. The Morgan fingerprint density at radius 3 is 2.32 bits per heavy atom. The summed E-state index contributed by atoms with van der Waals surface area (Å²) in [6, 6.07) is 0. The molecule has 1 rings (SSSR count). The number of aryl methyl sites for hydroxylation is 1. The van der Waals surface area contributed by atoms with E-state index in [1.807, 2.05) is 0 Å². The zero-order valence-corrected chi connectivity index (χ0v) is 11.0. The number of nitrogens with zero attached hydrogens (tertiary/aromatic N) is 2. The minimum absolute atomic E-state index is 0.263. The first-order chi connectivity index (χ1) is 8.49. The van der Waals surface area contributed by atoms with Crippen molar-refractivity contribution < 1.29 is 27.4 Å². The largest absolute Gasteiger partial charge is 0.509 e. The van der Waals surface area contributed by atoms with Crippen LogP contribution in [-0.2, 0) is 16.5 Å². The first-order valence-electron chi connectivity index (χ1n) is 5.44. The van der Waals surface area contributed by atoms with Gasteiger partial charge in [0.2, 0.25) is 6.10 Å². The lowest BCUT2D eigenvalue weighted by Crippen LogP contribution is -2.30. The SMILES string of the molecule is Cn1cc([C@H](OC(=O)OC(C)(C)C)C(F)(F)F)cn1. The Morgan fingerprint density at radius 2 is 1.95 bits per heavy atom. The van der Waals surface area contributed by atoms with Gasteiger partial charge >= 0.3 is 12.3 Å². The molecular formula is C11H15F3N2O3. The molecule has 0 aliphatic heterocycles. The van der Waals surface area contributed by atoms with Gasteiger partial charge in [-0.05, 0) is 20.8 Å². The lowest BCUT2D eigenvalue weighted by atomic mass is 10.2. The molecule has 1 heterocycles. The second-order valence-corrected chi connectivity index (χ2v) is 4.95. The van der Waals surface area contributed by atoms with Crippen LogP contribution in [0.25, 0.3) is 0 Å². The third-order valence-electron chi connectivity index (χ3n) is 1.93. The number of ether oxygens (including phenoxy) is 2. The summed E-state index contributed by atoms with van der Waals surface area (Å²) < 4.78 is 48.8. The van der Waals surface area contributed by atoms with E-state index in [9.17, 15) is 18.0 Å². The highest BCUT2D eigenvalue weighted by molar-refractivity contribution is 5.61. The predicted molar refractivity (Wildman–Crippen MR) is 59.3 cm³/mol. The Morgan fingerprint density at radius 1 is 1.37 bits per heavy atom. The maximum Gasteiger partial charge on any atom is 0.509 e. The number of alkyl halides is 3. The van der Waals surface area contributed by atoms with Crippen LogP contribution in [0.5, 0.6) is 0 Å². The van der Waals surface area contributed by atoms with Crippen LogP contribution in [0.15, 0.2) is 12.4 Å². The Labute approximate surface area is 108 Å². The molecule has 0 saturated heterocycles. The van der Waals surface area contributed by atoms with Crippen LogP contribution in [0.1, 0.15) is 32.4 Å². The lowest BCUT2D eigenvalue weighted by molar-refractivity contribution is -0.214. The zero-order valence-electron chi connectivity index (χ0n) is 11.0. The number of hydrogen-bond acceptors (Lipinski definition) is 4. The molecule has 1 aromatic rings. The van der Waals surface area contributed by atoms with E-state index in [2.05, 4.69) is 9.84 Å². The van der Waals surface area contributed by atoms with Gasteiger partial charge in [0.1, 0.15) is 5.60 Å². The summed E-state index contributed by atoms with van der Waals surface area (Å²) in [5.74, 6) is 0. The number of carbonyl (C=O) groups excluding carboxylic acids is 1. The highest BCUT2D eigenvalue weighted by Gasteiger charge is 2.45. The predicted octanol–water partition coefficient (Wildman–Crippen LogP) is 2.98. The molecule has 19 heavy (non-hydrogen) atoms. The highest BCUT2D eigenvalue weighted by Crippen LogP contribution is 2.36. The summed E-state index contributed by atoms with van der Waals surface area (Å²) in [7, 11) is 1.46. The molecule has 0 unspecified atom stereocenters. The van der Waals surface area contributed by atoms with Crippen LogP contribution in [-0.4, -0.2) is 27.7 Å². The minimum Gasteiger partial charge on any atom is -0.429 e. The van der Waals surface area contributed by atoms with Gasteiger partial charge in [-0.3, -0.25) is 4.68 Å². The fraction of sp³-hybridized carbons (Fsp3) is 0.636. The normalized spacial score (nSPS) is 14.1. The molecule has 0 spiro atoms. The first kappa shape index (κ1) is 15.3. The van der Waals surface area contributed by atoms with Gasteiger partial charge in [-0.25, -0.2) is 4.79 Å². The summed E-state index contributed by atoms with van der Waals surface area (Å²) in [5.41, 5.74) is -1.19. The summed E-state index contributed by atoms with van der Waals surface area (Å²) >= 11 is 0. The number of hydrogen-bond donors (Lipinski definition) is 0. The molecule has 0 saturated carbocycles. The fourth-order valence-corrected chi connectivity index (χ4v) is 1.27. The van der Waals surface area contributed by atoms with Crippen LogP contribution < -0.4 is 0 Å². The van der Waals surface area contributed by atoms with Crippen molar-refractivity contribution in [3.63, 3.8) is 0 Å². The van der Waals surface area contributed by atoms with E-state index in [4.69, 9.17) is 4.74 Å². The van der Waals surface area contributed by atoms with E-state index in [-0.39, 0.29) is 5.56 Å². The molecule has 0 aliphatic carbocycles. The smallest absolute Gasteiger partial charge is 0.429 e. The van der Waals surface area contributed by atoms with Crippen molar-refractivity contribution in [2.24, 2.45) is 7.05 Å². The molecule has 1 atom stereocenters. The molecule has 0 aromatic carbocycles. The van der Waals surface area contributed by atoms with Crippen LogP contribution in [0.2, 0.25) is 0 Å². The van der Waals surface area contributed by atoms with Crippen molar-refractivity contribution in [2.45, 2.75) is 38.7 Å². The van der Waals surface area contributed by atoms with Crippen molar-refractivity contribution in [1.82, 2.24) is 9.78 Å². The molecular weight excluding hydrogens is 265 g/mol. The maximum atomic E-state index is 12.8. The second kappa shape index (κ2) is 5.10. The van der Waals surface area contributed by atoms with Gasteiger partial charge in [-0.2, -0.15) is 18.3 Å². The van der Waals surface area contributed by atoms with Crippen molar-refractivity contribution in [3.8, 4) is 0 Å². The van der Waals surface area contributed by atoms with Crippen LogP contribution in [0, 0.1) is 0 Å². The van der Waals surface area contributed by atoms with Gasteiger partial charge < -0.3 is 9.47 Å². The lowest BCUT2D eigenvalue weighted by Gasteiger charge is -2.23. The zero-order chi connectivity index (χ0) is 14.8. The van der Waals surface area contributed by atoms with E-state index >= 15 is 0 Å². The highest BCUT2D eigenvalue weighted by atomic mass is 19.4. The van der Waals surface area contributed by atoms with Crippen LogP contribution >= 0.6 is 0 Å². The summed E-state index contributed by atoms with van der Waals surface area (Å²) in [5, 5.41) is 3.62. The standard InChI is InChI=1S/C11H15F3N2O3/c1-10(2,3)19-9(17)18-8(11(12,13)14)7-5-15-16(4)6-7/h5-6,8H,1-4H3/t8-/m0/s1. The minimum atomic E-state index is -4.74. The molecule has 0 fully saturated rings. The maximum absolute atomic E-state index is 12.8. The number of halogens is 3. The first-order valence-corrected chi connectivity index (χ1v) is 5.44. The second-order valence-electron chi connectivity index (χ2n) is 4.95. The van der Waals surface area contributed by atoms with Gasteiger partial charge in [-0.15, -0.1) is 0 Å². The molecule has 8 heteroatoms. The van der Waals surface area contributed by atoms with E-state index < -0.39 is 24.0 Å². The fourth-order valence-electron chi connectivity index (χ4n) is 1.27. The molecule has 0 N–H and O–H groups in total. The monoisotopic (exact) mass is 280 g/mol. The van der Waals surface area contributed by atoms with Crippen molar-refractivity contribution >= 4 is 6.16 Å². The number of rotatable bonds is 2. The van der Waals surface area contributed by atoms with Gasteiger partial charge in [0.05, 0.1) is 6.20 Å². The Kier molecular flexibility index (Phi) is 4.12. The van der Waals surface area contributed by atoms with E-state index in [1.54, 1.807) is 0 Å². The third-order valence-corrected chi connectivity index (χ3v) is 1.93. The van der Waals surface area contributed by atoms with E-state index in [0.717, 1.165) is 12.4 Å². The molecule has 0 amide bonds. The van der Waals surface area contributed by atoms with Gasteiger partial charge in [0, 0.05) is 18.8 Å². The molecule has 0 bridgehead atoms. The van der Waals surface area contributed by atoms with Crippen LogP contribution in [0.3, 0.4) is 0 Å². The average Bonchev–Trinajstić information content (AvgIpc) is 2.56. The van der Waals surface area contributed by atoms with Crippen molar-refractivity contribution in [1.29, 1.82) is 0 Å². The Bertz CT molecular complexity index is 449. The molecule has 1 aromatic heterocycles. The number of aromatic nitrogens is 2. The topological polar surface area (TPSA) is 53.4 Å². The quantitative estimate of drug-likeness (QED) is 0.781. The van der Waals surface area contributed by atoms with E-state index in [1.165, 1.54) is 32.5 Å². The van der Waals surface area contributed by atoms with Crippen molar-refractivity contribution in [3.05, 3.63) is 18.0 Å². The summed E-state index contributed by atoms with van der Waals surface area (Å²) in [6.45, 7) is 4.59. The van der Waals surface area contributed by atoms with Crippen molar-refractivity contribution in [2.75, 3.05) is 0 Å². The molecule has 108 valence electrons. The van der Waals surface area contributed by atoms with Gasteiger partial charge in [-0.1, -0.05) is 0 Å². The summed E-state index contributed by atoms with van der Waals surface area (Å²) in [6.07, 6.45) is -6.39. The Hall–Kier alpha value is -1.73. The molecule has 5 nitrogen and oxygen atoms in total. The molecule has 0 aliphatic rings. The van der Waals surface area contributed by atoms with Gasteiger partial charge in [0.25, 0.3) is 0 Å². The van der Waals surface area contributed by atoms with Crippen LogP contribution in [0.4, 0.5) is 18.0 Å². The number of carbonyl (C=O) groups is 1. The summed E-state index contributed by atoms with van der Waals surface area (Å²) in [4.78, 5) is 11.3. The Balaban J connectivity index is 2.86. The van der Waals surface area contributed by atoms with E-state index in [0.29, 0.717) is 0 Å². The average molecular weight is 280 g/mol. The molecule has 0 radical (unpaired) electrons. The van der Waals surface area contributed by atoms with Gasteiger partial charge in [0.15, 0.2) is 0 Å².